The van der Waals surface area contributed by atoms with Crippen LogP contribution in [0.3, 0.4) is 0 Å². The Kier molecular flexibility index (Phi) is 6.16. The molecule has 0 rings (SSSR count). The maximum Gasteiger partial charge on any atom is 0.325 e. The summed E-state index contributed by atoms with van der Waals surface area (Å²) in [4.78, 5) is 11.2. The fourth-order valence-electron chi connectivity index (χ4n) is 0.945. The normalized spacial score (nSPS) is 11.4. The van der Waals surface area contributed by atoms with E-state index >= 15 is 0 Å². The van der Waals surface area contributed by atoms with E-state index < -0.39 is 5.54 Å². The standard InChI is InChI=1S/C9H19NO2S/c1-9(2,8(11)12-3)10-6-5-7-13-4/h10H,5-7H2,1-4H3. The maximum atomic E-state index is 11.2. The highest BCUT2D eigenvalue weighted by atomic mass is 32.2. The lowest BCUT2D eigenvalue weighted by Crippen LogP contribution is -2.47. The summed E-state index contributed by atoms with van der Waals surface area (Å²) < 4.78 is 4.67. The third kappa shape index (κ3) is 5.16. The van der Waals surface area contributed by atoms with E-state index in [0.29, 0.717) is 0 Å². The lowest BCUT2D eigenvalue weighted by molar-refractivity contribution is -0.147. The van der Waals surface area contributed by atoms with Crippen molar-refractivity contribution in [1.82, 2.24) is 5.32 Å². The van der Waals surface area contributed by atoms with Crippen molar-refractivity contribution in [2.75, 3.05) is 25.7 Å². The zero-order valence-electron chi connectivity index (χ0n) is 8.85. The Morgan fingerprint density at radius 3 is 2.62 bits per heavy atom. The number of carbonyl (C=O) groups excluding carboxylic acids is 1. The molecule has 0 spiro atoms. The highest BCUT2D eigenvalue weighted by molar-refractivity contribution is 7.98. The minimum absolute atomic E-state index is 0.211. The topological polar surface area (TPSA) is 38.3 Å². The van der Waals surface area contributed by atoms with Gasteiger partial charge in [-0.1, -0.05) is 0 Å². The predicted molar refractivity (Wildman–Crippen MR) is 57.1 cm³/mol. The van der Waals surface area contributed by atoms with Gasteiger partial charge in [-0.15, -0.1) is 0 Å². The molecule has 0 bridgehead atoms. The molecule has 0 aromatic rings. The van der Waals surface area contributed by atoms with Crippen molar-refractivity contribution in [3.63, 3.8) is 0 Å². The van der Waals surface area contributed by atoms with Crippen LogP contribution in [-0.2, 0) is 9.53 Å². The van der Waals surface area contributed by atoms with Crippen molar-refractivity contribution in [3.8, 4) is 0 Å². The minimum atomic E-state index is -0.562. The highest BCUT2D eigenvalue weighted by Gasteiger charge is 2.27. The van der Waals surface area contributed by atoms with Gasteiger partial charge in [0.25, 0.3) is 0 Å². The van der Waals surface area contributed by atoms with E-state index in [1.54, 1.807) is 0 Å². The van der Waals surface area contributed by atoms with Crippen molar-refractivity contribution in [3.05, 3.63) is 0 Å². The Morgan fingerprint density at radius 1 is 1.54 bits per heavy atom. The molecule has 3 nitrogen and oxygen atoms in total. The maximum absolute atomic E-state index is 11.2. The fraction of sp³-hybridized carbons (Fsp3) is 0.889. The molecule has 0 saturated carbocycles. The van der Waals surface area contributed by atoms with E-state index in [1.807, 2.05) is 25.6 Å². The van der Waals surface area contributed by atoms with Gasteiger partial charge in [0, 0.05) is 0 Å². The first-order valence-corrected chi connectivity index (χ1v) is 5.76. The van der Waals surface area contributed by atoms with Gasteiger partial charge < -0.3 is 10.1 Å². The lowest BCUT2D eigenvalue weighted by atomic mass is 10.1. The summed E-state index contributed by atoms with van der Waals surface area (Å²) in [6.07, 6.45) is 3.15. The van der Waals surface area contributed by atoms with Crippen LogP contribution in [0.2, 0.25) is 0 Å². The van der Waals surface area contributed by atoms with Crippen LogP contribution in [0, 0.1) is 0 Å². The van der Waals surface area contributed by atoms with E-state index in [0.717, 1.165) is 18.7 Å². The predicted octanol–water partition coefficient (Wildman–Crippen LogP) is 1.28. The lowest BCUT2D eigenvalue weighted by Gasteiger charge is -2.22. The van der Waals surface area contributed by atoms with Gasteiger partial charge in [0.05, 0.1) is 7.11 Å². The van der Waals surface area contributed by atoms with Gasteiger partial charge in [0.2, 0.25) is 0 Å². The van der Waals surface area contributed by atoms with Crippen LogP contribution in [0.1, 0.15) is 20.3 Å². The number of rotatable bonds is 6. The van der Waals surface area contributed by atoms with Crippen LogP contribution in [-0.4, -0.2) is 37.2 Å². The van der Waals surface area contributed by atoms with E-state index in [9.17, 15) is 4.79 Å². The molecule has 1 N–H and O–H groups in total. The van der Waals surface area contributed by atoms with Gasteiger partial charge in [0.1, 0.15) is 5.54 Å². The summed E-state index contributed by atoms with van der Waals surface area (Å²) >= 11 is 1.81. The molecule has 0 aliphatic carbocycles. The smallest absolute Gasteiger partial charge is 0.325 e. The average Bonchev–Trinajstić information content (AvgIpc) is 2.11. The van der Waals surface area contributed by atoms with Gasteiger partial charge in [-0.05, 0) is 38.8 Å². The first-order chi connectivity index (χ1) is 6.04. The van der Waals surface area contributed by atoms with Crippen LogP contribution in [0.15, 0.2) is 0 Å². The zero-order valence-corrected chi connectivity index (χ0v) is 9.66. The number of thioether (sulfide) groups is 1. The fourth-order valence-corrected chi connectivity index (χ4v) is 1.38. The van der Waals surface area contributed by atoms with Gasteiger partial charge in [-0.3, -0.25) is 4.79 Å². The van der Waals surface area contributed by atoms with E-state index in [2.05, 4.69) is 16.3 Å². The first kappa shape index (κ1) is 12.8. The first-order valence-electron chi connectivity index (χ1n) is 4.37. The van der Waals surface area contributed by atoms with Crippen molar-refractivity contribution in [2.24, 2.45) is 0 Å². The number of methoxy groups -OCH3 is 1. The molecule has 0 aliphatic rings. The Balaban J connectivity index is 3.69. The van der Waals surface area contributed by atoms with Gasteiger partial charge in [-0.25, -0.2) is 0 Å². The summed E-state index contributed by atoms with van der Waals surface area (Å²) in [5.41, 5.74) is -0.562. The van der Waals surface area contributed by atoms with Crippen molar-refractivity contribution >= 4 is 17.7 Å². The van der Waals surface area contributed by atoms with Crippen molar-refractivity contribution in [2.45, 2.75) is 25.8 Å². The average molecular weight is 205 g/mol. The van der Waals surface area contributed by atoms with Gasteiger partial charge in [-0.2, -0.15) is 11.8 Å². The second kappa shape index (κ2) is 6.27. The molecular weight excluding hydrogens is 186 g/mol. The van der Waals surface area contributed by atoms with Crippen LogP contribution in [0.5, 0.6) is 0 Å². The summed E-state index contributed by atoms with van der Waals surface area (Å²) in [7, 11) is 1.41. The molecule has 78 valence electrons. The molecule has 4 heteroatoms. The third-order valence-corrected chi connectivity index (χ3v) is 2.48. The summed E-state index contributed by atoms with van der Waals surface area (Å²) in [6, 6.07) is 0. The van der Waals surface area contributed by atoms with Crippen molar-refractivity contribution < 1.29 is 9.53 Å². The van der Waals surface area contributed by atoms with Crippen molar-refractivity contribution in [1.29, 1.82) is 0 Å². The molecule has 0 aromatic carbocycles. The van der Waals surface area contributed by atoms with Crippen LogP contribution >= 0.6 is 11.8 Å². The number of nitrogens with one attached hydrogen (secondary N) is 1. The third-order valence-electron chi connectivity index (χ3n) is 1.79. The molecule has 0 aromatic heterocycles. The molecule has 0 heterocycles. The van der Waals surface area contributed by atoms with Gasteiger partial charge in [0.15, 0.2) is 0 Å². The van der Waals surface area contributed by atoms with Gasteiger partial charge >= 0.3 is 5.97 Å². The number of hydrogen-bond acceptors (Lipinski definition) is 4. The Labute approximate surface area is 84.6 Å². The molecule has 0 unspecified atom stereocenters. The van der Waals surface area contributed by atoms with Crippen LogP contribution < -0.4 is 5.32 Å². The number of carbonyl (C=O) groups is 1. The molecule has 0 aliphatic heterocycles. The molecule has 0 saturated heterocycles. The number of ether oxygens (including phenoxy) is 1. The molecule has 0 atom stereocenters. The Bertz CT molecular complexity index is 160. The molecule has 0 radical (unpaired) electrons. The molecule has 0 fully saturated rings. The Morgan fingerprint density at radius 2 is 2.15 bits per heavy atom. The minimum Gasteiger partial charge on any atom is -0.468 e. The number of esters is 1. The monoisotopic (exact) mass is 205 g/mol. The summed E-state index contributed by atoms with van der Waals surface area (Å²) in [5.74, 6) is 0.904. The molecule has 0 amide bonds. The van der Waals surface area contributed by atoms with E-state index in [-0.39, 0.29) is 5.97 Å². The summed E-state index contributed by atoms with van der Waals surface area (Å²) in [6.45, 7) is 4.51. The zero-order chi connectivity index (χ0) is 10.3. The van der Waals surface area contributed by atoms with E-state index in [4.69, 9.17) is 0 Å². The summed E-state index contributed by atoms with van der Waals surface area (Å²) in [5, 5.41) is 3.16. The second-order valence-corrected chi connectivity index (χ2v) is 4.38. The SMILES string of the molecule is COC(=O)C(C)(C)NCCCSC. The molecule has 13 heavy (non-hydrogen) atoms. The van der Waals surface area contributed by atoms with Crippen LogP contribution in [0.4, 0.5) is 0 Å². The second-order valence-electron chi connectivity index (χ2n) is 3.39. The number of hydrogen-bond donors (Lipinski definition) is 1. The highest BCUT2D eigenvalue weighted by Crippen LogP contribution is 2.04. The largest absolute Gasteiger partial charge is 0.468 e. The van der Waals surface area contributed by atoms with Crippen LogP contribution in [0.25, 0.3) is 0 Å². The van der Waals surface area contributed by atoms with E-state index in [1.165, 1.54) is 7.11 Å². The quantitative estimate of drug-likeness (QED) is 0.524. The molecular formula is C9H19NO2S. The Hall–Kier alpha value is -0.220.